The van der Waals surface area contributed by atoms with Crippen molar-refractivity contribution in [3.8, 4) is 17.2 Å². The number of guanidine groups is 1. The number of benzene rings is 1. The Hall–Kier alpha value is -2.43. The number of hydrogen-bond donors (Lipinski definition) is 4. The van der Waals surface area contributed by atoms with Crippen molar-refractivity contribution in [2.24, 2.45) is 10.7 Å². The van der Waals surface area contributed by atoms with Gasteiger partial charge in [0.25, 0.3) is 0 Å². The summed E-state index contributed by atoms with van der Waals surface area (Å²) in [5, 5.41) is 3.38. The monoisotopic (exact) mass is 409 g/mol. The first-order valence-corrected chi connectivity index (χ1v) is 9.79. The topological polar surface area (TPSA) is 121 Å². The minimum absolute atomic E-state index is 0.106. The van der Waals surface area contributed by atoms with Gasteiger partial charge < -0.3 is 34.7 Å². The average molecular weight is 409 g/mol. The summed E-state index contributed by atoms with van der Waals surface area (Å²) in [4.78, 5) is 4.51. The van der Waals surface area contributed by atoms with E-state index in [1.54, 1.807) is 21.3 Å². The molecule has 0 spiro atoms. The van der Waals surface area contributed by atoms with E-state index in [1.165, 1.54) is 0 Å². The third-order valence-corrected chi connectivity index (χ3v) is 4.85. The first-order valence-electron chi connectivity index (χ1n) is 9.79. The molecule has 2 aliphatic heterocycles. The lowest BCUT2D eigenvalue weighted by Crippen LogP contribution is -2.52. The number of ether oxygens (including phenoxy) is 5. The van der Waals surface area contributed by atoms with E-state index in [9.17, 15) is 0 Å². The molecule has 2 aliphatic rings. The Morgan fingerprint density at radius 2 is 1.97 bits per heavy atom. The second-order valence-corrected chi connectivity index (χ2v) is 6.92. The number of rotatable bonds is 10. The molecule has 3 rings (SSSR count). The molecular weight excluding hydrogens is 378 g/mol. The summed E-state index contributed by atoms with van der Waals surface area (Å²) in [6.07, 6.45) is 4.47. The highest BCUT2D eigenvalue weighted by atomic mass is 16.7. The molecule has 10 nitrogen and oxygen atoms in total. The van der Waals surface area contributed by atoms with Crippen LogP contribution in [0.5, 0.6) is 17.2 Å². The Morgan fingerprint density at radius 1 is 1.21 bits per heavy atom. The third kappa shape index (κ3) is 5.34. The average Bonchev–Trinajstić information content (AvgIpc) is 3.11. The van der Waals surface area contributed by atoms with Gasteiger partial charge in [-0.3, -0.25) is 5.43 Å². The van der Waals surface area contributed by atoms with Crippen LogP contribution in [-0.2, 0) is 9.47 Å². The van der Waals surface area contributed by atoms with Crippen LogP contribution in [-0.4, -0.2) is 52.6 Å². The van der Waals surface area contributed by atoms with E-state index < -0.39 is 5.79 Å². The molecule has 0 radical (unpaired) electrons. The van der Waals surface area contributed by atoms with Crippen molar-refractivity contribution in [3.05, 3.63) is 12.1 Å². The number of hydrazine groups is 1. The Bertz CT molecular complexity index is 685. The molecule has 0 amide bonds. The summed E-state index contributed by atoms with van der Waals surface area (Å²) in [7, 11) is 4.72. The maximum atomic E-state index is 5.86. The smallest absolute Gasteiger partial charge is 0.206 e. The quantitative estimate of drug-likeness (QED) is 0.426. The van der Waals surface area contributed by atoms with Crippen LogP contribution in [0.3, 0.4) is 0 Å². The molecule has 1 saturated heterocycles. The highest BCUT2D eigenvalue weighted by molar-refractivity contribution is 5.80. The minimum atomic E-state index is -0.828. The zero-order chi connectivity index (χ0) is 20.7. The summed E-state index contributed by atoms with van der Waals surface area (Å²) in [5.41, 5.74) is 12.6. The van der Waals surface area contributed by atoms with E-state index in [1.807, 2.05) is 12.1 Å². The molecule has 10 heteroatoms. The number of methoxy groups -OCH3 is 3. The maximum Gasteiger partial charge on any atom is 0.206 e. The Kier molecular flexibility index (Phi) is 7.24. The van der Waals surface area contributed by atoms with E-state index in [-0.39, 0.29) is 6.29 Å². The summed E-state index contributed by atoms with van der Waals surface area (Å²) in [6, 6.07) is 3.64. The van der Waals surface area contributed by atoms with E-state index in [4.69, 9.17) is 29.4 Å². The zero-order valence-corrected chi connectivity index (χ0v) is 17.2. The zero-order valence-electron chi connectivity index (χ0n) is 17.2. The van der Waals surface area contributed by atoms with Crippen LogP contribution >= 0.6 is 0 Å². The summed E-state index contributed by atoms with van der Waals surface area (Å²) >= 11 is 0. The molecule has 2 atom stereocenters. The Balaban J connectivity index is 1.67. The predicted molar refractivity (Wildman–Crippen MR) is 109 cm³/mol. The number of aliphatic imine (C=N–C) groups is 1. The minimum Gasteiger partial charge on any atom is -0.493 e. The molecule has 29 heavy (non-hydrogen) atoms. The van der Waals surface area contributed by atoms with Gasteiger partial charge in [0.1, 0.15) is 0 Å². The van der Waals surface area contributed by atoms with Gasteiger partial charge in [-0.05, 0) is 25.7 Å². The van der Waals surface area contributed by atoms with Crippen LogP contribution < -0.4 is 36.1 Å². The normalized spacial score (nSPS) is 23.8. The lowest BCUT2D eigenvalue weighted by molar-refractivity contribution is -0.163. The highest BCUT2D eigenvalue weighted by Gasteiger charge is 2.34. The van der Waals surface area contributed by atoms with Crippen LogP contribution in [0.2, 0.25) is 0 Å². The number of anilines is 1. The van der Waals surface area contributed by atoms with Gasteiger partial charge in [0, 0.05) is 37.5 Å². The van der Waals surface area contributed by atoms with Crippen LogP contribution in [0.4, 0.5) is 5.69 Å². The van der Waals surface area contributed by atoms with Crippen LogP contribution in [0, 0.1) is 0 Å². The molecular formula is C19H31N5O5. The second-order valence-electron chi connectivity index (χ2n) is 6.92. The highest BCUT2D eigenvalue weighted by Crippen LogP contribution is 2.40. The SMILES string of the molecule is COc1cc(NC2(CCCOC3CCCCO3)N=C(N)NN2)cc(OC)c1OC. The van der Waals surface area contributed by atoms with Crippen molar-refractivity contribution in [3.63, 3.8) is 0 Å². The molecule has 1 fully saturated rings. The van der Waals surface area contributed by atoms with Gasteiger partial charge in [-0.25, -0.2) is 4.99 Å². The predicted octanol–water partition coefficient (Wildman–Crippen LogP) is 1.52. The van der Waals surface area contributed by atoms with Crippen molar-refractivity contribution >= 4 is 11.6 Å². The van der Waals surface area contributed by atoms with Crippen LogP contribution in [0.15, 0.2) is 17.1 Å². The van der Waals surface area contributed by atoms with Gasteiger partial charge in [-0.15, -0.1) is 0 Å². The van der Waals surface area contributed by atoms with Crippen LogP contribution in [0.1, 0.15) is 32.1 Å². The molecule has 2 heterocycles. The molecule has 0 saturated carbocycles. The standard InChI is InChI=1S/C19H31N5O5/c1-25-14-11-13(12-15(26-2)17(14)27-3)21-19(22-18(20)23-24-19)8-6-10-29-16-7-4-5-9-28-16/h11-12,16,21,24H,4-10H2,1-3H3,(H3,20,22,23). The van der Waals surface area contributed by atoms with E-state index >= 15 is 0 Å². The van der Waals surface area contributed by atoms with E-state index in [2.05, 4.69) is 21.2 Å². The Morgan fingerprint density at radius 3 is 2.52 bits per heavy atom. The number of nitrogens with zero attached hydrogens (tertiary/aromatic N) is 1. The van der Waals surface area contributed by atoms with Gasteiger partial charge >= 0.3 is 0 Å². The molecule has 5 N–H and O–H groups in total. The summed E-state index contributed by atoms with van der Waals surface area (Å²) in [6.45, 7) is 1.34. The van der Waals surface area contributed by atoms with Gasteiger partial charge in [-0.2, -0.15) is 5.43 Å². The van der Waals surface area contributed by atoms with Gasteiger partial charge in [0.05, 0.1) is 21.3 Å². The van der Waals surface area contributed by atoms with Crippen molar-refractivity contribution in [2.45, 2.75) is 44.2 Å². The number of nitrogens with one attached hydrogen (secondary N) is 3. The first-order chi connectivity index (χ1) is 14.1. The summed E-state index contributed by atoms with van der Waals surface area (Å²) < 4.78 is 27.7. The molecule has 0 aliphatic carbocycles. The number of hydrogen-bond acceptors (Lipinski definition) is 10. The van der Waals surface area contributed by atoms with E-state index in [0.29, 0.717) is 36.2 Å². The fraction of sp³-hybridized carbons (Fsp3) is 0.632. The molecule has 2 unspecified atom stereocenters. The van der Waals surface area contributed by atoms with Crippen molar-refractivity contribution in [1.82, 2.24) is 10.9 Å². The van der Waals surface area contributed by atoms with Gasteiger partial charge in [-0.1, -0.05) is 0 Å². The third-order valence-electron chi connectivity index (χ3n) is 4.85. The summed E-state index contributed by atoms with van der Waals surface area (Å²) in [5.74, 6) is 1.10. The maximum absolute atomic E-state index is 5.86. The fourth-order valence-corrected chi connectivity index (χ4v) is 3.45. The van der Waals surface area contributed by atoms with Crippen LogP contribution in [0.25, 0.3) is 0 Å². The van der Waals surface area contributed by atoms with Crippen molar-refractivity contribution in [2.75, 3.05) is 39.9 Å². The molecule has 1 aromatic rings. The van der Waals surface area contributed by atoms with Gasteiger partial charge in [0.15, 0.2) is 17.8 Å². The molecule has 0 aromatic heterocycles. The largest absolute Gasteiger partial charge is 0.493 e. The number of nitrogens with two attached hydrogens (primary N) is 1. The van der Waals surface area contributed by atoms with E-state index in [0.717, 1.165) is 38.0 Å². The Labute approximate surface area is 171 Å². The molecule has 0 bridgehead atoms. The van der Waals surface area contributed by atoms with Crippen molar-refractivity contribution in [1.29, 1.82) is 0 Å². The van der Waals surface area contributed by atoms with Gasteiger partial charge in [0.2, 0.25) is 17.5 Å². The molecule has 162 valence electrons. The lowest BCUT2D eigenvalue weighted by atomic mass is 10.1. The van der Waals surface area contributed by atoms with Crippen molar-refractivity contribution < 1.29 is 23.7 Å². The molecule has 1 aromatic carbocycles. The first kappa shape index (κ1) is 21.3. The second kappa shape index (κ2) is 9.86. The fourth-order valence-electron chi connectivity index (χ4n) is 3.45. The lowest BCUT2D eigenvalue weighted by Gasteiger charge is -2.29.